The minimum Gasteiger partial charge on any atom is -0.374 e. The number of aromatic nitrogens is 2. The Morgan fingerprint density at radius 3 is 2.80 bits per heavy atom. The predicted molar refractivity (Wildman–Crippen MR) is 75.8 cm³/mol. The van der Waals surface area contributed by atoms with Gasteiger partial charge in [-0.15, -0.1) is 11.6 Å². The minimum absolute atomic E-state index is 0.176. The van der Waals surface area contributed by atoms with Crippen LogP contribution in [0.3, 0.4) is 0 Å². The Balaban J connectivity index is 2.22. The van der Waals surface area contributed by atoms with Crippen LogP contribution < -0.4 is 0 Å². The molecule has 7 heteroatoms. The van der Waals surface area contributed by atoms with Crippen molar-refractivity contribution in [2.45, 2.75) is 25.3 Å². The quantitative estimate of drug-likeness (QED) is 0.586. The predicted octanol–water partition coefficient (Wildman–Crippen LogP) is 4.27. The summed E-state index contributed by atoms with van der Waals surface area (Å²) in [6, 6.07) is 5.33. The topological polar surface area (TPSA) is 27.1 Å². The van der Waals surface area contributed by atoms with E-state index in [1.165, 1.54) is 0 Å². The van der Waals surface area contributed by atoms with Crippen LogP contribution in [0.25, 0.3) is 11.0 Å². The third-order valence-electron chi connectivity index (χ3n) is 2.80. The Hall–Kier alpha value is -0.910. The monoisotopic (exact) mass is 322 g/mol. The minimum atomic E-state index is -2.46. The van der Waals surface area contributed by atoms with E-state index in [0.29, 0.717) is 17.4 Å². The highest BCUT2D eigenvalue weighted by Crippen LogP contribution is 2.26. The van der Waals surface area contributed by atoms with E-state index in [0.717, 1.165) is 11.0 Å². The van der Waals surface area contributed by atoms with E-state index in [1.54, 1.807) is 19.1 Å². The zero-order chi connectivity index (χ0) is 14.7. The molecule has 0 saturated carbocycles. The van der Waals surface area contributed by atoms with Gasteiger partial charge in [0.25, 0.3) is 6.43 Å². The smallest absolute Gasteiger partial charge is 0.261 e. The number of imidazole rings is 1. The third-order valence-corrected chi connectivity index (χ3v) is 3.23. The molecule has 110 valence electrons. The number of alkyl halides is 3. The highest BCUT2D eigenvalue weighted by molar-refractivity contribution is 6.31. The summed E-state index contributed by atoms with van der Waals surface area (Å²) in [7, 11) is 0. The molecule has 0 bridgehead atoms. The molecule has 1 aromatic carbocycles. The van der Waals surface area contributed by atoms with Gasteiger partial charge in [0.1, 0.15) is 12.4 Å². The fourth-order valence-corrected chi connectivity index (χ4v) is 2.32. The van der Waals surface area contributed by atoms with Gasteiger partial charge in [0, 0.05) is 11.6 Å². The lowest BCUT2D eigenvalue weighted by molar-refractivity contribution is 0.0148. The maximum Gasteiger partial charge on any atom is 0.261 e. The van der Waals surface area contributed by atoms with Gasteiger partial charge in [-0.1, -0.05) is 11.6 Å². The number of fused-ring (bicyclic) bond motifs is 1. The molecule has 1 unspecified atom stereocenters. The second kappa shape index (κ2) is 6.70. The maximum atomic E-state index is 12.0. The molecule has 2 aromatic rings. The first-order chi connectivity index (χ1) is 9.49. The molecule has 20 heavy (non-hydrogen) atoms. The van der Waals surface area contributed by atoms with Crippen LogP contribution in [0.15, 0.2) is 18.2 Å². The highest BCUT2D eigenvalue weighted by Gasteiger charge is 2.15. The van der Waals surface area contributed by atoms with Crippen LogP contribution in [0.4, 0.5) is 8.78 Å². The largest absolute Gasteiger partial charge is 0.374 e. The summed E-state index contributed by atoms with van der Waals surface area (Å²) in [4.78, 5) is 4.43. The molecule has 0 fully saturated rings. The van der Waals surface area contributed by atoms with Gasteiger partial charge < -0.3 is 9.30 Å². The molecule has 2 rings (SSSR count). The Bertz CT molecular complexity index is 587. The normalized spacial score (nSPS) is 13.3. The number of hydrogen-bond donors (Lipinski definition) is 0. The van der Waals surface area contributed by atoms with Crippen molar-refractivity contribution in [3.8, 4) is 0 Å². The van der Waals surface area contributed by atoms with E-state index in [-0.39, 0.29) is 12.0 Å². The molecule has 1 atom stereocenters. The molecule has 0 saturated heterocycles. The molecular weight excluding hydrogens is 309 g/mol. The van der Waals surface area contributed by atoms with Crippen molar-refractivity contribution in [3.63, 3.8) is 0 Å². The number of rotatable bonds is 6. The summed E-state index contributed by atoms with van der Waals surface area (Å²) in [5.74, 6) is 0.671. The molecule has 0 amide bonds. The van der Waals surface area contributed by atoms with Crippen LogP contribution >= 0.6 is 23.2 Å². The second-order valence-corrected chi connectivity index (χ2v) is 5.43. The number of ether oxygens (including phenoxy) is 1. The molecule has 0 aliphatic heterocycles. The Morgan fingerprint density at radius 1 is 1.40 bits per heavy atom. The highest BCUT2D eigenvalue weighted by atomic mass is 35.5. The van der Waals surface area contributed by atoms with Crippen molar-refractivity contribution in [3.05, 3.63) is 29.0 Å². The summed E-state index contributed by atoms with van der Waals surface area (Å²) >= 11 is 12.0. The van der Waals surface area contributed by atoms with Crippen LogP contribution in [0.2, 0.25) is 5.02 Å². The summed E-state index contributed by atoms with van der Waals surface area (Å²) in [6.45, 7) is 1.83. The summed E-state index contributed by atoms with van der Waals surface area (Å²) < 4.78 is 30.8. The first kappa shape index (κ1) is 15.5. The number of nitrogens with zero attached hydrogens (tertiary/aromatic N) is 2. The molecular formula is C13H14Cl2F2N2O. The van der Waals surface area contributed by atoms with Crippen molar-refractivity contribution >= 4 is 34.2 Å². The molecule has 0 aliphatic rings. The van der Waals surface area contributed by atoms with Crippen LogP contribution in [0.1, 0.15) is 18.1 Å². The van der Waals surface area contributed by atoms with E-state index in [4.69, 9.17) is 27.9 Å². The molecule has 1 aromatic heterocycles. The van der Waals surface area contributed by atoms with Gasteiger partial charge in [-0.25, -0.2) is 13.8 Å². The summed E-state index contributed by atoms with van der Waals surface area (Å²) in [6.07, 6.45) is -2.46. The number of benzene rings is 1. The lowest BCUT2D eigenvalue weighted by Gasteiger charge is -2.10. The van der Waals surface area contributed by atoms with Crippen molar-refractivity contribution in [2.75, 3.05) is 13.2 Å². The average Bonchev–Trinajstić information content (AvgIpc) is 2.72. The van der Waals surface area contributed by atoms with Crippen molar-refractivity contribution in [1.82, 2.24) is 9.55 Å². The Kier molecular flexibility index (Phi) is 5.18. The molecule has 0 spiro atoms. The lowest BCUT2D eigenvalue weighted by atomic mass is 10.3. The van der Waals surface area contributed by atoms with Gasteiger partial charge >= 0.3 is 0 Å². The summed E-state index contributed by atoms with van der Waals surface area (Å²) in [5.41, 5.74) is 1.59. The standard InChI is InChI=1S/C13H14Cl2F2N2O/c1-8(14)13-18-10-6-9(15)2-3-11(10)19(13)4-5-20-7-12(16)17/h2-3,6,8,12H,4-5,7H2,1H3. The van der Waals surface area contributed by atoms with Gasteiger partial charge in [-0.05, 0) is 25.1 Å². The first-order valence-corrected chi connectivity index (χ1v) is 6.96. The van der Waals surface area contributed by atoms with Crippen molar-refractivity contribution in [2.24, 2.45) is 0 Å². The van der Waals surface area contributed by atoms with Crippen LogP contribution in [-0.2, 0) is 11.3 Å². The van der Waals surface area contributed by atoms with Gasteiger partial charge in [-0.2, -0.15) is 0 Å². The third kappa shape index (κ3) is 3.59. The van der Waals surface area contributed by atoms with E-state index in [2.05, 4.69) is 4.98 Å². The van der Waals surface area contributed by atoms with E-state index in [1.807, 2.05) is 10.6 Å². The molecule has 0 radical (unpaired) electrons. The fraction of sp³-hybridized carbons (Fsp3) is 0.462. The number of hydrogen-bond acceptors (Lipinski definition) is 2. The lowest BCUT2D eigenvalue weighted by Crippen LogP contribution is -2.12. The SMILES string of the molecule is CC(Cl)c1nc2cc(Cl)ccc2n1CCOCC(F)F. The average molecular weight is 323 g/mol. The van der Waals surface area contributed by atoms with E-state index in [9.17, 15) is 8.78 Å². The van der Waals surface area contributed by atoms with E-state index < -0.39 is 13.0 Å². The molecule has 3 nitrogen and oxygen atoms in total. The van der Waals surface area contributed by atoms with Crippen molar-refractivity contribution < 1.29 is 13.5 Å². The van der Waals surface area contributed by atoms with Gasteiger partial charge in [0.2, 0.25) is 0 Å². The summed E-state index contributed by atoms with van der Waals surface area (Å²) in [5, 5.41) is 0.293. The maximum absolute atomic E-state index is 12.0. The van der Waals surface area contributed by atoms with Crippen LogP contribution in [-0.4, -0.2) is 29.2 Å². The number of halogens is 4. The van der Waals surface area contributed by atoms with Crippen LogP contribution in [0, 0.1) is 0 Å². The second-order valence-electron chi connectivity index (χ2n) is 4.34. The molecule has 0 N–H and O–H groups in total. The molecule has 0 aliphatic carbocycles. The zero-order valence-electron chi connectivity index (χ0n) is 10.8. The van der Waals surface area contributed by atoms with Crippen LogP contribution in [0.5, 0.6) is 0 Å². The van der Waals surface area contributed by atoms with Gasteiger partial charge in [-0.3, -0.25) is 0 Å². The molecule has 1 heterocycles. The Labute approximate surface area is 125 Å². The van der Waals surface area contributed by atoms with Gasteiger partial charge in [0.15, 0.2) is 0 Å². The van der Waals surface area contributed by atoms with Crippen molar-refractivity contribution in [1.29, 1.82) is 0 Å². The van der Waals surface area contributed by atoms with Gasteiger partial charge in [0.05, 0.1) is 23.0 Å². The van der Waals surface area contributed by atoms with E-state index >= 15 is 0 Å². The fourth-order valence-electron chi connectivity index (χ4n) is 1.99. The first-order valence-electron chi connectivity index (χ1n) is 6.14. The zero-order valence-corrected chi connectivity index (χ0v) is 12.3. The Morgan fingerprint density at radius 2 is 2.15 bits per heavy atom.